The maximum Gasteiger partial charge on any atom is 0.209 e. The van der Waals surface area contributed by atoms with Gasteiger partial charge in [0.1, 0.15) is 0 Å². The largest absolute Gasteiger partial charge is 0.293 e. The van der Waals surface area contributed by atoms with Crippen LogP contribution in [0, 0.1) is 5.92 Å². The molecule has 0 aromatic heterocycles. The Labute approximate surface area is 173 Å². The Morgan fingerprint density at radius 2 is 1.14 bits per heavy atom. The van der Waals surface area contributed by atoms with Crippen molar-refractivity contribution in [2.24, 2.45) is 5.92 Å². The van der Waals surface area contributed by atoms with Crippen molar-refractivity contribution in [2.45, 2.75) is 110 Å². The molecule has 1 rings (SSSR count). The van der Waals surface area contributed by atoms with E-state index in [1.54, 1.807) is 12.1 Å². The molecule has 0 N–H and O–H groups in total. The normalized spacial score (nSPS) is 12.0. The molecule has 0 aliphatic rings. The van der Waals surface area contributed by atoms with E-state index in [2.05, 4.69) is 6.92 Å². The Morgan fingerprint density at radius 3 is 1.57 bits per heavy atom. The van der Waals surface area contributed by atoms with Crippen molar-refractivity contribution >= 4 is 12.1 Å². The highest BCUT2D eigenvalue weighted by molar-refractivity contribution is 6.05. The van der Waals surface area contributed by atoms with Crippen molar-refractivity contribution in [1.29, 1.82) is 0 Å². The SMILES string of the molecule is CCCCCCCCCCCCCCCCCC([C]=O)C(=O)c1ccccc1. The first-order valence-electron chi connectivity index (χ1n) is 11.8. The first-order chi connectivity index (χ1) is 13.8. The van der Waals surface area contributed by atoms with Crippen molar-refractivity contribution in [2.75, 3.05) is 0 Å². The number of ketones is 1. The van der Waals surface area contributed by atoms with Gasteiger partial charge in [-0.1, -0.05) is 134 Å². The van der Waals surface area contributed by atoms with E-state index in [0.29, 0.717) is 12.0 Å². The summed E-state index contributed by atoms with van der Waals surface area (Å²) in [5, 5.41) is 0. The topological polar surface area (TPSA) is 34.1 Å². The minimum absolute atomic E-state index is 0.0824. The van der Waals surface area contributed by atoms with Crippen LogP contribution < -0.4 is 0 Å². The quantitative estimate of drug-likeness (QED) is 0.138. The lowest BCUT2D eigenvalue weighted by Gasteiger charge is -2.08. The molecule has 1 atom stereocenters. The Balaban J connectivity index is 1.92. The summed E-state index contributed by atoms with van der Waals surface area (Å²) in [6.07, 6.45) is 22.4. The summed E-state index contributed by atoms with van der Waals surface area (Å²) in [5.74, 6) is -0.676. The standard InChI is InChI=1S/C26H41O2/c1-2-3-4-5-6-7-8-9-10-11-12-13-14-15-17-22-25(23-27)26(28)24-20-18-16-19-21-24/h16,18-21,25H,2-15,17,22H2,1H3. The third kappa shape index (κ3) is 12.1. The monoisotopic (exact) mass is 385 g/mol. The van der Waals surface area contributed by atoms with Crippen LogP contribution in [-0.4, -0.2) is 12.1 Å². The lowest BCUT2D eigenvalue weighted by molar-refractivity contribution is 0.0947. The van der Waals surface area contributed by atoms with Crippen LogP contribution in [-0.2, 0) is 4.79 Å². The van der Waals surface area contributed by atoms with Crippen LogP contribution in [0.2, 0.25) is 0 Å². The molecular formula is C26H41O2. The molecule has 0 bridgehead atoms. The summed E-state index contributed by atoms with van der Waals surface area (Å²) in [6, 6.07) is 9.11. The van der Waals surface area contributed by atoms with Crippen LogP contribution in [0.4, 0.5) is 0 Å². The number of hydrogen-bond donors (Lipinski definition) is 0. The number of rotatable bonds is 19. The van der Waals surface area contributed by atoms with Gasteiger partial charge in [-0.25, -0.2) is 0 Å². The van der Waals surface area contributed by atoms with Crippen LogP contribution in [0.5, 0.6) is 0 Å². The van der Waals surface area contributed by atoms with Crippen molar-refractivity contribution < 1.29 is 9.59 Å². The third-order valence-corrected chi connectivity index (χ3v) is 5.61. The fourth-order valence-electron chi connectivity index (χ4n) is 3.77. The molecule has 0 aliphatic heterocycles. The van der Waals surface area contributed by atoms with Gasteiger partial charge in [-0.05, 0) is 6.42 Å². The smallest absolute Gasteiger partial charge is 0.209 e. The zero-order chi connectivity index (χ0) is 20.3. The highest BCUT2D eigenvalue weighted by atomic mass is 16.1. The molecule has 1 aromatic rings. The molecule has 0 heterocycles. The van der Waals surface area contributed by atoms with Gasteiger partial charge in [-0.3, -0.25) is 9.59 Å². The Bertz CT molecular complexity index is 494. The third-order valence-electron chi connectivity index (χ3n) is 5.61. The van der Waals surface area contributed by atoms with Gasteiger partial charge < -0.3 is 0 Å². The molecule has 28 heavy (non-hydrogen) atoms. The minimum atomic E-state index is -0.593. The second-order valence-corrected chi connectivity index (χ2v) is 8.14. The lowest BCUT2D eigenvalue weighted by Crippen LogP contribution is -2.16. The number of benzene rings is 1. The second kappa shape index (κ2) is 17.6. The maximum absolute atomic E-state index is 12.3. The molecule has 157 valence electrons. The number of hydrogen-bond acceptors (Lipinski definition) is 2. The average Bonchev–Trinajstić information content (AvgIpc) is 2.74. The van der Waals surface area contributed by atoms with Crippen LogP contribution in [0.25, 0.3) is 0 Å². The molecular weight excluding hydrogens is 344 g/mol. The van der Waals surface area contributed by atoms with Gasteiger partial charge in [0, 0.05) is 5.56 Å². The number of Topliss-reactive ketones (excluding diaryl/α,β-unsaturated/α-hetero) is 1. The van der Waals surface area contributed by atoms with Gasteiger partial charge in [0.15, 0.2) is 5.78 Å². The lowest BCUT2D eigenvalue weighted by atomic mass is 9.93. The molecule has 2 heteroatoms. The van der Waals surface area contributed by atoms with Crippen molar-refractivity contribution in [1.82, 2.24) is 0 Å². The fourth-order valence-corrected chi connectivity index (χ4v) is 3.77. The van der Waals surface area contributed by atoms with E-state index in [1.165, 1.54) is 83.5 Å². The first-order valence-corrected chi connectivity index (χ1v) is 11.8. The van der Waals surface area contributed by atoms with E-state index < -0.39 is 5.92 Å². The predicted molar refractivity (Wildman–Crippen MR) is 120 cm³/mol. The van der Waals surface area contributed by atoms with E-state index in [0.717, 1.165) is 12.8 Å². The number of unbranched alkanes of at least 4 members (excludes halogenated alkanes) is 14. The summed E-state index contributed by atoms with van der Waals surface area (Å²) >= 11 is 0. The molecule has 0 aliphatic carbocycles. The van der Waals surface area contributed by atoms with E-state index in [1.807, 2.05) is 24.5 Å². The second-order valence-electron chi connectivity index (χ2n) is 8.14. The van der Waals surface area contributed by atoms with Gasteiger partial charge in [0.2, 0.25) is 6.29 Å². The van der Waals surface area contributed by atoms with E-state index >= 15 is 0 Å². The molecule has 0 saturated carbocycles. The van der Waals surface area contributed by atoms with E-state index in [9.17, 15) is 9.59 Å². The summed E-state index contributed by atoms with van der Waals surface area (Å²) in [7, 11) is 0. The van der Waals surface area contributed by atoms with Crippen LogP contribution in [0.15, 0.2) is 30.3 Å². The molecule has 0 fully saturated rings. The number of carbonyl (C=O) groups excluding carboxylic acids is 2. The average molecular weight is 386 g/mol. The summed E-state index contributed by atoms with van der Waals surface area (Å²) < 4.78 is 0. The Hall–Kier alpha value is -1.44. The van der Waals surface area contributed by atoms with Gasteiger partial charge >= 0.3 is 0 Å². The van der Waals surface area contributed by atoms with E-state index in [-0.39, 0.29) is 5.78 Å². The van der Waals surface area contributed by atoms with E-state index in [4.69, 9.17) is 0 Å². The zero-order valence-corrected chi connectivity index (χ0v) is 18.1. The summed E-state index contributed by atoms with van der Waals surface area (Å²) in [5.41, 5.74) is 0.622. The number of carbonyl (C=O) groups is 1. The maximum atomic E-state index is 12.3. The minimum Gasteiger partial charge on any atom is -0.293 e. The molecule has 0 spiro atoms. The molecule has 2 nitrogen and oxygen atoms in total. The first kappa shape index (κ1) is 24.6. The summed E-state index contributed by atoms with van der Waals surface area (Å²) in [4.78, 5) is 23.4. The van der Waals surface area contributed by atoms with Gasteiger partial charge in [0.25, 0.3) is 0 Å². The molecule has 1 radical (unpaired) electrons. The fraction of sp³-hybridized carbons (Fsp3) is 0.692. The Morgan fingerprint density at radius 1 is 0.714 bits per heavy atom. The molecule has 1 unspecified atom stereocenters. The molecule has 0 amide bonds. The van der Waals surface area contributed by atoms with Crippen LogP contribution in [0.3, 0.4) is 0 Å². The highest BCUT2D eigenvalue weighted by Gasteiger charge is 2.19. The highest BCUT2D eigenvalue weighted by Crippen LogP contribution is 2.17. The Kier molecular flexibility index (Phi) is 15.5. The molecule has 0 saturated heterocycles. The van der Waals surface area contributed by atoms with Crippen LogP contribution in [0.1, 0.15) is 120 Å². The van der Waals surface area contributed by atoms with Gasteiger partial charge in [-0.2, -0.15) is 0 Å². The van der Waals surface area contributed by atoms with Crippen molar-refractivity contribution in [3.63, 3.8) is 0 Å². The van der Waals surface area contributed by atoms with Crippen molar-refractivity contribution in [3.05, 3.63) is 35.9 Å². The summed E-state index contributed by atoms with van der Waals surface area (Å²) in [6.45, 7) is 2.27. The molecule has 1 aromatic carbocycles. The van der Waals surface area contributed by atoms with Crippen molar-refractivity contribution in [3.8, 4) is 0 Å². The van der Waals surface area contributed by atoms with Gasteiger partial charge in [-0.15, -0.1) is 0 Å². The van der Waals surface area contributed by atoms with Gasteiger partial charge in [0.05, 0.1) is 5.92 Å². The van der Waals surface area contributed by atoms with Crippen LogP contribution >= 0.6 is 0 Å². The predicted octanol–water partition coefficient (Wildman–Crippen LogP) is 7.86. The zero-order valence-electron chi connectivity index (χ0n) is 18.1.